The van der Waals surface area contributed by atoms with Gasteiger partial charge in [0.2, 0.25) is 5.91 Å². The summed E-state index contributed by atoms with van der Waals surface area (Å²) in [6.45, 7) is 2.39. The summed E-state index contributed by atoms with van der Waals surface area (Å²) in [5.41, 5.74) is 5.57. The molecule has 0 radical (unpaired) electrons. The molecule has 1 atom stereocenters. The van der Waals surface area contributed by atoms with E-state index in [0.717, 1.165) is 12.3 Å². The molecule has 0 aliphatic carbocycles. The van der Waals surface area contributed by atoms with Crippen LogP contribution in [0.25, 0.3) is 0 Å². The fraction of sp³-hybridized carbons (Fsp3) is 0.462. The average molecular weight is 269 g/mol. The standard InChI is InChI=1S/C13H17ClN2O2/c14-11-2-1-3-12(7-11)18-5-4-16-9-10(8-15)6-13(16)17/h1-3,7,10H,4-6,8-9,15H2. The van der Waals surface area contributed by atoms with Crippen molar-refractivity contribution < 1.29 is 9.53 Å². The first-order valence-electron chi connectivity index (χ1n) is 6.05. The lowest BCUT2D eigenvalue weighted by Gasteiger charge is -2.16. The van der Waals surface area contributed by atoms with E-state index in [1.165, 1.54) is 0 Å². The molecule has 1 unspecified atom stereocenters. The lowest BCUT2D eigenvalue weighted by atomic mass is 10.1. The number of halogens is 1. The molecule has 0 aromatic heterocycles. The van der Waals surface area contributed by atoms with Crippen LogP contribution in [-0.2, 0) is 4.79 Å². The summed E-state index contributed by atoms with van der Waals surface area (Å²) in [7, 11) is 0. The fourth-order valence-electron chi connectivity index (χ4n) is 2.06. The summed E-state index contributed by atoms with van der Waals surface area (Å²) >= 11 is 5.85. The summed E-state index contributed by atoms with van der Waals surface area (Å²) in [6.07, 6.45) is 0.563. The second kappa shape index (κ2) is 6.07. The number of carbonyl (C=O) groups is 1. The molecular formula is C13H17ClN2O2. The zero-order valence-electron chi connectivity index (χ0n) is 10.1. The average Bonchev–Trinajstić information content (AvgIpc) is 2.71. The van der Waals surface area contributed by atoms with Gasteiger partial charge in [0.15, 0.2) is 0 Å². The molecule has 1 saturated heterocycles. The number of benzene rings is 1. The van der Waals surface area contributed by atoms with Crippen molar-refractivity contribution in [2.45, 2.75) is 6.42 Å². The molecule has 18 heavy (non-hydrogen) atoms. The van der Waals surface area contributed by atoms with E-state index in [0.29, 0.717) is 37.1 Å². The van der Waals surface area contributed by atoms with Gasteiger partial charge in [-0.2, -0.15) is 0 Å². The highest BCUT2D eigenvalue weighted by atomic mass is 35.5. The maximum atomic E-state index is 11.6. The summed E-state index contributed by atoms with van der Waals surface area (Å²) in [6, 6.07) is 7.24. The van der Waals surface area contributed by atoms with E-state index in [1.807, 2.05) is 17.0 Å². The van der Waals surface area contributed by atoms with Gasteiger partial charge in [-0.15, -0.1) is 0 Å². The molecule has 1 aliphatic heterocycles. The second-order valence-electron chi connectivity index (χ2n) is 4.45. The zero-order chi connectivity index (χ0) is 13.0. The molecule has 1 amide bonds. The second-order valence-corrected chi connectivity index (χ2v) is 4.89. The molecule has 0 spiro atoms. The van der Waals surface area contributed by atoms with Gasteiger partial charge in [0, 0.05) is 18.0 Å². The third-order valence-corrected chi connectivity index (χ3v) is 3.29. The van der Waals surface area contributed by atoms with Crippen LogP contribution in [0.15, 0.2) is 24.3 Å². The first kappa shape index (κ1) is 13.2. The van der Waals surface area contributed by atoms with Gasteiger partial charge < -0.3 is 15.4 Å². The van der Waals surface area contributed by atoms with Crippen LogP contribution in [0, 0.1) is 5.92 Å². The van der Waals surface area contributed by atoms with Crippen molar-refractivity contribution in [2.24, 2.45) is 11.7 Å². The number of hydrogen-bond acceptors (Lipinski definition) is 3. The topological polar surface area (TPSA) is 55.6 Å². The number of nitrogens with zero attached hydrogens (tertiary/aromatic N) is 1. The molecule has 0 bridgehead atoms. The van der Waals surface area contributed by atoms with Crippen molar-refractivity contribution in [3.63, 3.8) is 0 Å². The minimum absolute atomic E-state index is 0.167. The van der Waals surface area contributed by atoms with E-state index in [-0.39, 0.29) is 5.91 Å². The maximum Gasteiger partial charge on any atom is 0.223 e. The number of likely N-dealkylation sites (tertiary alicyclic amines) is 1. The Morgan fingerprint density at radius 2 is 2.33 bits per heavy atom. The van der Waals surface area contributed by atoms with Crippen LogP contribution < -0.4 is 10.5 Å². The molecule has 4 nitrogen and oxygen atoms in total. The lowest BCUT2D eigenvalue weighted by Crippen LogP contribution is -2.30. The number of hydrogen-bond donors (Lipinski definition) is 1. The Hall–Kier alpha value is -1.26. The Labute approximate surface area is 112 Å². The number of ether oxygens (including phenoxy) is 1. The molecule has 2 N–H and O–H groups in total. The van der Waals surface area contributed by atoms with E-state index in [1.54, 1.807) is 12.1 Å². The third-order valence-electron chi connectivity index (χ3n) is 3.05. The minimum Gasteiger partial charge on any atom is -0.492 e. The zero-order valence-corrected chi connectivity index (χ0v) is 10.9. The van der Waals surface area contributed by atoms with E-state index in [4.69, 9.17) is 22.1 Å². The summed E-state index contributed by atoms with van der Waals surface area (Å²) < 4.78 is 5.56. The number of rotatable bonds is 5. The molecule has 1 heterocycles. The largest absolute Gasteiger partial charge is 0.492 e. The Balaban J connectivity index is 1.77. The summed E-state index contributed by atoms with van der Waals surface area (Å²) in [5, 5.41) is 0.646. The van der Waals surface area contributed by atoms with Crippen molar-refractivity contribution in [1.82, 2.24) is 4.90 Å². The quantitative estimate of drug-likeness (QED) is 0.881. The highest BCUT2D eigenvalue weighted by Crippen LogP contribution is 2.18. The highest BCUT2D eigenvalue weighted by Gasteiger charge is 2.27. The van der Waals surface area contributed by atoms with Crippen LogP contribution in [-0.4, -0.2) is 37.0 Å². The van der Waals surface area contributed by atoms with Crippen molar-refractivity contribution in [3.8, 4) is 5.75 Å². The van der Waals surface area contributed by atoms with Crippen LogP contribution >= 0.6 is 11.6 Å². The predicted molar refractivity (Wildman–Crippen MR) is 70.7 cm³/mol. The van der Waals surface area contributed by atoms with E-state index >= 15 is 0 Å². The minimum atomic E-state index is 0.167. The molecule has 0 saturated carbocycles. The van der Waals surface area contributed by atoms with Crippen molar-refractivity contribution in [2.75, 3.05) is 26.2 Å². The van der Waals surface area contributed by atoms with E-state index < -0.39 is 0 Å². The Morgan fingerprint density at radius 3 is 3.00 bits per heavy atom. The van der Waals surface area contributed by atoms with Gasteiger partial charge in [-0.05, 0) is 30.7 Å². The lowest BCUT2D eigenvalue weighted by molar-refractivity contribution is -0.128. The highest BCUT2D eigenvalue weighted by molar-refractivity contribution is 6.30. The maximum absolute atomic E-state index is 11.6. The van der Waals surface area contributed by atoms with Gasteiger partial charge in [0.1, 0.15) is 12.4 Å². The summed E-state index contributed by atoms with van der Waals surface area (Å²) in [5.74, 6) is 1.19. The SMILES string of the molecule is NCC1CC(=O)N(CCOc2cccc(Cl)c2)C1. The van der Waals surface area contributed by atoms with Crippen molar-refractivity contribution >= 4 is 17.5 Å². The fourth-order valence-corrected chi connectivity index (χ4v) is 2.24. The molecular weight excluding hydrogens is 252 g/mol. The van der Waals surface area contributed by atoms with Crippen LogP contribution in [0.2, 0.25) is 5.02 Å². The summed E-state index contributed by atoms with van der Waals surface area (Å²) in [4.78, 5) is 13.4. The molecule has 1 aromatic carbocycles. The van der Waals surface area contributed by atoms with Gasteiger partial charge >= 0.3 is 0 Å². The Bertz CT molecular complexity index is 425. The Morgan fingerprint density at radius 1 is 1.50 bits per heavy atom. The molecule has 1 aromatic rings. The predicted octanol–water partition coefficient (Wildman–Crippen LogP) is 1.53. The first-order valence-corrected chi connectivity index (χ1v) is 6.43. The van der Waals surface area contributed by atoms with Crippen LogP contribution in [0.5, 0.6) is 5.75 Å². The van der Waals surface area contributed by atoms with Gasteiger partial charge in [0.25, 0.3) is 0 Å². The monoisotopic (exact) mass is 268 g/mol. The number of amides is 1. The molecule has 1 fully saturated rings. The molecule has 5 heteroatoms. The van der Waals surface area contributed by atoms with Crippen molar-refractivity contribution in [3.05, 3.63) is 29.3 Å². The van der Waals surface area contributed by atoms with Gasteiger partial charge in [-0.1, -0.05) is 17.7 Å². The Kier molecular flexibility index (Phi) is 4.44. The van der Waals surface area contributed by atoms with Gasteiger partial charge in [-0.3, -0.25) is 4.79 Å². The third kappa shape index (κ3) is 3.37. The number of carbonyl (C=O) groups excluding carboxylic acids is 1. The van der Waals surface area contributed by atoms with E-state index in [2.05, 4.69) is 0 Å². The number of nitrogens with two attached hydrogens (primary N) is 1. The normalized spacial score (nSPS) is 19.3. The van der Waals surface area contributed by atoms with Gasteiger partial charge in [0.05, 0.1) is 6.54 Å². The van der Waals surface area contributed by atoms with Crippen molar-refractivity contribution in [1.29, 1.82) is 0 Å². The molecule has 1 aliphatic rings. The smallest absolute Gasteiger partial charge is 0.223 e. The van der Waals surface area contributed by atoms with Crippen LogP contribution in [0.3, 0.4) is 0 Å². The first-order chi connectivity index (χ1) is 8.69. The van der Waals surface area contributed by atoms with Crippen LogP contribution in [0.1, 0.15) is 6.42 Å². The van der Waals surface area contributed by atoms with Gasteiger partial charge in [-0.25, -0.2) is 0 Å². The molecule has 2 rings (SSSR count). The van der Waals surface area contributed by atoms with E-state index in [9.17, 15) is 4.79 Å². The van der Waals surface area contributed by atoms with Crippen LogP contribution in [0.4, 0.5) is 0 Å². The molecule has 98 valence electrons.